The van der Waals surface area contributed by atoms with Crippen LogP contribution in [0.25, 0.3) is 11.2 Å². The Morgan fingerprint density at radius 1 is 1.22 bits per heavy atom. The number of nitrogens with zero attached hydrogens (tertiary/aromatic N) is 4. The molecule has 1 saturated heterocycles. The first-order chi connectivity index (χ1) is 13.1. The van der Waals surface area contributed by atoms with Crippen molar-refractivity contribution in [2.45, 2.75) is 31.8 Å². The summed E-state index contributed by atoms with van der Waals surface area (Å²) < 4.78 is 1.83. The molecule has 0 bridgehead atoms. The standard InChI is InChI=1S/C21H25N5O/c1-21(10-6-12-26(21)13-16-7-4-3-5-8-16)14-23-20(27)17-9-11-22-19-18(17)24-15-25(19)2/h3-5,7-9,11,15H,6,10,12-14H2,1-2H3,(H,23,27). The van der Waals surface area contributed by atoms with Gasteiger partial charge in [0, 0.05) is 31.9 Å². The van der Waals surface area contributed by atoms with Crippen LogP contribution in [0.3, 0.4) is 0 Å². The molecule has 1 atom stereocenters. The molecule has 1 aromatic carbocycles. The van der Waals surface area contributed by atoms with Gasteiger partial charge in [-0.3, -0.25) is 9.69 Å². The number of nitrogens with one attached hydrogen (secondary N) is 1. The summed E-state index contributed by atoms with van der Waals surface area (Å²) in [6.45, 7) is 4.83. The molecule has 27 heavy (non-hydrogen) atoms. The summed E-state index contributed by atoms with van der Waals surface area (Å²) in [5.74, 6) is -0.0890. The predicted octanol–water partition coefficient (Wildman–Crippen LogP) is 2.75. The van der Waals surface area contributed by atoms with Crippen molar-refractivity contribution in [1.82, 2.24) is 24.8 Å². The van der Waals surface area contributed by atoms with Crippen molar-refractivity contribution < 1.29 is 4.79 Å². The second-order valence-corrected chi connectivity index (χ2v) is 7.58. The monoisotopic (exact) mass is 363 g/mol. The van der Waals surface area contributed by atoms with E-state index >= 15 is 0 Å². The zero-order valence-electron chi connectivity index (χ0n) is 15.9. The molecule has 1 unspecified atom stereocenters. The lowest BCUT2D eigenvalue weighted by Gasteiger charge is -2.35. The van der Waals surface area contributed by atoms with E-state index in [-0.39, 0.29) is 11.4 Å². The van der Waals surface area contributed by atoms with E-state index in [9.17, 15) is 4.79 Å². The van der Waals surface area contributed by atoms with Crippen molar-refractivity contribution in [2.75, 3.05) is 13.1 Å². The molecule has 1 aliphatic heterocycles. The Hall–Kier alpha value is -2.73. The van der Waals surface area contributed by atoms with Crippen molar-refractivity contribution in [1.29, 1.82) is 0 Å². The second kappa shape index (κ2) is 7.12. The van der Waals surface area contributed by atoms with E-state index in [1.807, 2.05) is 17.7 Å². The summed E-state index contributed by atoms with van der Waals surface area (Å²) in [6, 6.07) is 12.2. The van der Waals surface area contributed by atoms with Crippen LogP contribution in [0.5, 0.6) is 0 Å². The highest BCUT2D eigenvalue weighted by Gasteiger charge is 2.36. The third kappa shape index (κ3) is 3.45. The first-order valence-electron chi connectivity index (χ1n) is 9.40. The normalized spacial score (nSPS) is 20.2. The molecule has 1 fully saturated rings. The third-order valence-corrected chi connectivity index (χ3v) is 5.60. The second-order valence-electron chi connectivity index (χ2n) is 7.58. The molecule has 2 aromatic heterocycles. The van der Waals surface area contributed by atoms with Gasteiger partial charge in [0.05, 0.1) is 11.9 Å². The van der Waals surface area contributed by atoms with E-state index in [1.54, 1.807) is 18.6 Å². The zero-order chi connectivity index (χ0) is 18.9. The van der Waals surface area contributed by atoms with Crippen molar-refractivity contribution >= 4 is 17.1 Å². The SMILES string of the molecule is Cn1cnc2c(C(=O)NCC3(C)CCCN3Cc3ccccc3)ccnc21. The lowest BCUT2D eigenvalue weighted by Crippen LogP contribution is -2.49. The number of pyridine rings is 1. The van der Waals surface area contributed by atoms with E-state index in [0.29, 0.717) is 17.6 Å². The van der Waals surface area contributed by atoms with Gasteiger partial charge in [-0.05, 0) is 37.9 Å². The largest absolute Gasteiger partial charge is 0.350 e. The summed E-state index contributed by atoms with van der Waals surface area (Å²) in [5, 5.41) is 3.14. The van der Waals surface area contributed by atoms with Crippen LogP contribution in [0.1, 0.15) is 35.7 Å². The summed E-state index contributed by atoms with van der Waals surface area (Å²) in [5.41, 5.74) is 3.22. The van der Waals surface area contributed by atoms with Gasteiger partial charge in [-0.15, -0.1) is 0 Å². The van der Waals surface area contributed by atoms with Gasteiger partial charge in [0.1, 0.15) is 5.52 Å². The van der Waals surface area contributed by atoms with Crippen LogP contribution in [0.2, 0.25) is 0 Å². The maximum absolute atomic E-state index is 12.8. The van der Waals surface area contributed by atoms with Gasteiger partial charge >= 0.3 is 0 Å². The quantitative estimate of drug-likeness (QED) is 0.757. The van der Waals surface area contributed by atoms with Gasteiger partial charge < -0.3 is 9.88 Å². The first-order valence-corrected chi connectivity index (χ1v) is 9.40. The number of rotatable bonds is 5. The molecule has 0 spiro atoms. The minimum Gasteiger partial charge on any atom is -0.350 e. The topological polar surface area (TPSA) is 63.1 Å². The molecular formula is C21H25N5O. The zero-order valence-corrected chi connectivity index (χ0v) is 15.9. The molecule has 1 aliphatic rings. The summed E-state index contributed by atoms with van der Waals surface area (Å²) in [7, 11) is 1.88. The Bertz CT molecular complexity index is 952. The van der Waals surface area contributed by atoms with Crippen LogP contribution in [0, 0.1) is 0 Å². The maximum Gasteiger partial charge on any atom is 0.253 e. The fourth-order valence-electron chi connectivity index (χ4n) is 3.93. The van der Waals surface area contributed by atoms with Gasteiger partial charge in [0.15, 0.2) is 5.65 Å². The summed E-state index contributed by atoms with van der Waals surface area (Å²) in [6.07, 6.45) is 5.58. The highest BCUT2D eigenvalue weighted by atomic mass is 16.1. The lowest BCUT2D eigenvalue weighted by atomic mass is 9.98. The van der Waals surface area contributed by atoms with Crippen molar-refractivity contribution in [2.24, 2.45) is 7.05 Å². The first kappa shape index (κ1) is 17.7. The minimum absolute atomic E-state index is 0.0399. The predicted molar refractivity (Wildman–Crippen MR) is 105 cm³/mol. The number of benzene rings is 1. The molecule has 3 heterocycles. The number of amides is 1. The average Bonchev–Trinajstić information content (AvgIpc) is 3.24. The average molecular weight is 363 g/mol. The number of carbonyl (C=O) groups excluding carboxylic acids is 1. The van der Waals surface area contributed by atoms with Crippen LogP contribution in [-0.4, -0.2) is 44.0 Å². The molecule has 3 aromatic rings. The smallest absolute Gasteiger partial charge is 0.253 e. The van der Waals surface area contributed by atoms with Crippen LogP contribution < -0.4 is 5.32 Å². The minimum atomic E-state index is -0.0890. The molecule has 140 valence electrons. The van der Waals surface area contributed by atoms with Crippen LogP contribution in [0.4, 0.5) is 0 Å². The van der Waals surface area contributed by atoms with E-state index < -0.39 is 0 Å². The van der Waals surface area contributed by atoms with E-state index in [1.165, 1.54) is 5.56 Å². The number of hydrogen-bond donors (Lipinski definition) is 1. The summed E-state index contributed by atoms with van der Waals surface area (Å²) in [4.78, 5) is 23.9. The van der Waals surface area contributed by atoms with Crippen molar-refractivity contribution in [3.63, 3.8) is 0 Å². The van der Waals surface area contributed by atoms with Crippen LogP contribution in [0.15, 0.2) is 48.9 Å². The molecule has 0 aliphatic carbocycles. The van der Waals surface area contributed by atoms with Gasteiger partial charge in [-0.1, -0.05) is 30.3 Å². The maximum atomic E-state index is 12.8. The highest BCUT2D eigenvalue weighted by Crippen LogP contribution is 2.30. The van der Waals surface area contributed by atoms with Crippen LogP contribution >= 0.6 is 0 Å². The molecule has 6 heteroatoms. The molecule has 1 N–H and O–H groups in total. The van der Waals surface area contributed by atoms with E-state index in [0.717, 1.165) is 31.6 Å². The number of hydrogen-bond acceptors (Lipinski definition) is 4. The van der Waals surface area contributed by atoms with Crippen molar-refractivity contribution in [3.05, 3.63) is 60.0 Å². The molecular weight excluding hydrogens is 338 g/mol. The number of aromatic nitrogens is 3. The Morgan fingerprint density at radius 3 is 2.85 bits per heavy atom. The Labute approximate surface area is 159 Å². The number of likely N-dealkylation sites (tertiary alicyclic amines) is 1. The summed E-state index contributed by atoms with van der Waals surface area (Å²) >= 11 is 0. The Kier molecular flexibility index (Phi) is 4.66. The lowest BCUT2D eigenvalue weighted by molar-refractivity contribution is 0.0898. The Balaban J connectivity index is 1.47. The van der Waals surface area contributed by atoms with E-state index in [2.05, 4.69) is 51.4 Å². The van der Waals surface area contributed by atoms with Gasteiger partial charge in [0.25, 0.3) is 5.91 Å². The molecule has 4 rings (SSSR count). The Morgan fingerprint density at radius 2 is 2.04 bits per heavy atom. The highest BCUT2D eigenvalue weighted by molar-refractivity contribution is 6.04. The van der Waals surface area contributed by atoms with Gasteiger partial charge in [-0.25, -0.2) is 9.97 Å². The van der Waals surface area contributed by atoms with Gasteiger partial charge in [-0.2, -0.15) is 0 Å². The van der Waals surface area contributed by atoms with Crippen molar-refractivity contribution in [3.8, 4) is 0 Å². The molecule has 6 nitrogen and oxygen atoms in total. The third-order valence-electron chi connectivity index (χ3n) is 5.60. The van der Waals surface area contributed by atoms with Crippen LogP contribution in [-0.2, 0) is 13.6 Å². The number of carbonyl (C=O) groups is 1. The molecule has 0 saturated carbocycles. The number of aryl methyl sites for hydroxylation is 1. The fourth-order valence-corrected chi connectivity index (χ4v) is 3.93. The fraction of sp³-hybridized carbons (Fsp3) is 0.381. The number of fused-ring (bicyclic) bond motifs is 1. The van der Waals surface area contributed by atoms with Gasteiger partial charge in [0.2, 0.25) is 0 Å². The molecule has 0 radical (unpaired) electrons. The van der Waals surface area contributed by atoms with E-state index in [4.69, 9.17) is 0 Å². The number of imidazole rings is 1. The molecule has 1 amide bonds.